The number of amides is 2. The van der Waals surface area contributed by atoms with E-state index in [0.717, 1.165) is 27.5 Å². The van der Waals surface area contributed by atoms with Gasteiger partial charge in [0.05, 0.1) is 6.54 Å². The fourth-order valence-corrected chi connectivity index (χ4v) is 2.28. The predicted octanol–water partition coefficient (Wildman–Crippen LogP) is 3.97. The first-order valence-corrected chi connectivity index (χ1v) is 7.99. The van der Waals surface area contributed by atoms with E-state index >= 15 is 0 Å². The van der Waals surface area contributed by atoms with Gasteiger partial charge in [-0.1, -0.05) is 23.7 Å². The monoisotopic (exact) mass is 350 g/mol. The lowest BCUT2D eigenvalue weighted by Crippen LogP contribution is -2.37. The van der Waals surface area contributed by atoms with Gasteiger partial charge in [0, 0.05) is 11.6 Å². The standard InChI is InChI=1S/C18H20ClFN2O2/c1-12-9-16(10-13(2)17(12)19)24-8-7-21-18(23)22-11-14-3-5-15(20)6-4-14/h3-6,9-10H,7-8,11H2,1-2H3,(H2,21,22,23). The Morgan fingerprint density at radius 1 is 1.12 bits per heavy atom. The van der Waals surface area contributed by atoms with E-state index < -0.39 is 0 Å². The summed E-state index contributed by atoms with van der Waals surface area (Å²) in [5.41, 5.74) is 2.74. The first kappa shape index (κ1) is 18.1. The Morgan fingerprint density at radius 3 is 2.38 bits per heavy atom. The lowest BCUT2D eigenvalue weighted by atomic mass is 10.1. The van der Waals surface area contributed by atoms with Crippen molar-refractivity contribution in [2.24, 2.45) is 0 Å². The minimum atomic E-state index is -0.300. The third kappa shape index (κ3) is 5.42. The van der Waals surface area contributed by atoms with Crippen LogP contribution in [-0.2, 0) is 6.54 Å². The Hall–Kier alpha value is -2.27. The molecule has 0 radical (unpaired) electrons. The average molecular weight is 351 g/mol. The lowest BCUT2D eigenvalue weighted by molar-refractivity contribution is 0.236. The molecule has 2 aromatic rings. The van der Waals surface area contributed by atoms with Crippen LogP contribution in [-0.4, -0.2) is 19.2 Å². The zero-order chi connectivity index (χ0) is 17.5. The summed E-state index contributed by atoms with van der Waals surface area (Å²) in [6.45, 7) is 4.90. The predicted molar refractivity (Wildman–Crippen MR) is 93.1 cm³/mol. The summed E-state index contributed by atoms with van der Waals surface area (Å²) < 4.78 is 18.4. The van der Waals surface area contributed by atoms with Gasteiger partial charge in [0.15, 0.2) is 0 Å². The second-order valence-corrected chi connectivity index (χ2v) is 5.83. The first-order chi connectivity index (χ1) is 11.5. The maximum absolute atomic E-state index is 12.8. The van der Waals surface area contributed by atoms with Gasteiger partial charge >= 0.3 is 6.03 Å². The van der Waals surface area contributed by atoms with Crippen molar-refractivity contribution < 1.29 is 13.9 Å². The summed E-state index contributed by atoms with van der Waals surface area (Å²) >= 11 is 6.10. The smallest absolute Gasteiger partial charge is 0.315 e. The molecule has 0 atom stereocenters. The number of aryl methyl sites for hydroxylation is 2. The van der Waals surface area contributed by atoms with Crippen LogP contribution in [0.3, 0.4) is 0 Å². The minimum Gasteiger partial charge on any atom is -0.492 e. The lowest BCUT2D eigenvalue weighted by Gasteiger charge is -2.11. The number of rotatable bonds is 6. The third-order valence-electron chi connectivity index (χ3n) is 3.43. The van der Waals surface area contributed by atoms with E-state index in [4.69, 9.17) is 16.3 Å². The van der Waals surface area contributed by atoms with Crippen molar-refractivity contribution >= 4 is 17.6 Å². The van der Waals surface area contributed by atoms with E-state index in [0.29, 0.717) is 19.7 Å². The molecular weight excluding hydrogens is 331 g/mol. The molecule has 0 aromatic heterocycles. The zero-order valence-electron chi connectivity index (χ0n) is 13.7. The Bertz CT molecular complexity index is 682. The Labute approximate surface area is 146 Å². The molecule has 0 aliphatic rings. The van der Waals surface area contributed by atoms with E-state index in [-0.39, 0.29) is 11.8 Å². The highest BCUT2D eigenvalue weighted by Gasteiger charge is 2.04. The van der Waals surface area contributed by atoms with Crippen LogP contribution in [0.5, 0.6) is 5.75 Å². The van der Waals surface area contributed by atoms with Crippen LogP contribution in [0.4, 0.5) is 9.18 Å². The van der Waals surface area contributed by atoms with E-state index in [9.17, 15) is 9.18 Å². The SMILES string of the molecule is Cc1cc(OCCNC(=O)NCc2ccc(F)cc2)cc(C)c1Cl. The van der Waals surface area contributed by atoms with Gasteiger partial charge in [0.1, 0.15) is 18.2 Å². The second-order valence-electron chi connectivity index (χ2n) is 5.46. The van der Waals surface area contributed by atoms with Crippen LogP contribution in [0.15, 0.2) is 36.4 Å². The minimum absolute atomic E-state index is 0.298. The van der Waals surface area contributed by atoms with E-state index in [2.05, 4.69) is 10.6 Å². The van der Waals surface area contributed by atoms with Gasteiger partial charge in [-0.2, -0.15) is 0 Å². The number of halogens is 2. The van der Waals surface area contributed by atoms with Gasteiger partial charge in [0.25, 0.3) is 0 Å². The van der Waals surface area contributed by atoms with Crippen molar-refractivity contribution in [3.8, 4) is 5.75 Å². The molecule has 0 fully saturated rings. The van der Waals surface area contributed by atoms with Crippen LogP contribution in [0.1, 0.15) is 16.7 Å². The molecule has 128 valence electrons. The number of urea groups is 1. The molecule has 0 saturated carbocycles. The van der Waals surface area contributed by atoms with Crippen molar-refractivity contribution in [2.75, 3.05) is 13.2 Å². The molecule has 6 heteroatoms. The van der Waals surface area contributed by atoms with E-state index in [1.807, 2.05) is 26.0 Å². The summed E-state index contributed by atoms with van der Waals surface area (Å²) in [6, 6.07) is 9.41. The Balaban J connectivity index is 1.68. The summed E-state index contributed by atoms with van der Waals surface area (Å²) in [5.74, 6) is 0.427. The Kier molecular flexibility index (Phi) is 6.44. The van der Waals surface area contributed by atoms with Crippen molar-refractivity contribution in [3.63, 3.8) is 0 Å². The molecule has 2 aromatic carbocycles. The van der Waals surface area contributed by atoms with Crippen molar-refractivity contribution in [1.29, 1.82) is 0 Å². The van der Waals surface area contributed by atoms with Gasteiger partial charge in [-0.25, -0.2) is 9.18 Å². The van der Waals surface area contributed by atoms with E-state index in [1.165, 1.54) is 12.1 Å². The highest BCUT2D eigenvalue weighted by atomic mass is 35.5. The number of benzene rings is 2. The van der Waals surface area contributed by atoms with Gasteiger partial charge in [0.2, 0.25) is 0 Å². The molecule has 0 aliphatic heterocycles. The molecular formula is C18H20ClFN2O2. The molecule has 0 heterocycles. The van der Waals surface area contributed by atoms with Crippen molar-refractivity contribution in [2.45, 2.75) is 20.4 Å². The first-order valence-electron chi connectivity index (χ1n) is 7.61. The number of hydrogen-bond donors (Lipinski definition) is 2. The Morgan fingerprint density at radius 2 is 1.75 bits per heavy atom. The molecule has 0 bridgehead atoms. The zero-order valence-corrected chi connectivity index (χ0v) is 14.4. The summed E-state index contributed by atoms with van der Waals surface area (Å²) in [4.78, 5) is 11.7. The van der Waals surface area contributed by atoms with E-state index in [1.54, 1.807) is 12.1 Å². The van der Waals surface area contributed by atoms with Crippen molar-refractivity contribution in [1.82, 2.24) is 10.6 Å². The second kappa shape index (κ2) is 8.55. The van der Waals surface area contributed by atoms with Gasteiger partial charge in [-0.05, 0) is 54.8 Å². The van der Waals surface area contributed by atoms with Crippen LogP contribution < -0.4 is 15.4 Å². The third-order valence-corrected chi connectivity index (χ3v) is 4.03. The van der Waals surface area contributed by atoms with Crippen LogP contribution in [0.2, 0.25) is 5.02 Å². The fourth-order valence-electron chi connectivity index (χ4n) is 2.17. The van der Waals surface area contributed by atoms with Gasteiger partial charge in [-0.15, -0.1) is 0 Å². The summed E-state index contributed by atoms with van der Waals surface area (Å²) in [5, 5.41) is 6.13. The maximum atomic E-state index is 12.8. The molecule has 4 nitrogen and oxygen atoms in total. The molecule has 2 N–H and O–H groups in total. The van der Waals surface area contributed by atoms with Crippen LogP contribution >= 0.6 is 11.6 Å². The number of nitrogens with one attached hydrogen (secondary N) is 2. The molecule has 2 rings (SSSR count). The molecule has 0 aliphatic carbocycles. The molecule has 0 unspecified atom stereocenters. The molecule has 0 saturated heterocycles. The quantitative estimate of drug-likeness (QED) is 0.774. The number of ether oxygens (including phenoxy) is 1. The highest BCUT2D eigenvalue weighted by Crippen LogP contribution is 2.25. The van der Waals surface area contributed by atoms with Crippen LogP contribution in [0, 0.1) is 19.7 Å². The fraction of sp³-hybridized carbons (Fsp3) is 0.278. The number of carbonyl (C=O) groups excluding carboxylic acids is 1. The van der Waals surface area contributed by atoms with Crippen molar-refractivity contribution in [3.05, 3.63) is 63.9 Å². The molecule has 0 spiro atoms. The molecule has 2 amide bonds. The average Bonchev–Trinajstić information content (AvgIpc) is 2.56. The topological polar surface area (TPSA) is 50.4 Å². The van der Waals surface area contributed by atoms with Gasteiger partial charge in [-0.3, -0.25) is 0 Å². The summed E-state index contributed by atoms with van der Waals surface area (Å²) in [6.07, 6.45) is 0. The van der Waals surface area contributed by atoms with Gasteiger partial charge < -0.3 is 15.4 Å². The normalized spacial score (nSPS) is 10.3. The highest BCUT2D eigenvalue weighted by molar-refractivity contribution is 6.32. The van der Waals surface area contributed by atoms with Crippen LogP contribution in [0.25, 0.3) is 0 Å². The molecule has 24 heavy (non-hydrogen) atoms. The number of hydrogen-bond acceptors (Lipinski definition) is 2. The largest absolute Gasteiger partial charge is 0.492 e. The number of carbonyl (C=O) groups is 1. The maximum Gasteiger partial charge on any atom is 0.315 e. The summed E-state index contributed by atoms with van der Waals surface area (Å²) in [7, 11) is 0.